The van der Waals surface area contributed by atoms with E-state index in [2.05, 4.69) is 68.2 Å². The van der Waals surface area contributed by atoms with E-state index in [4.69, 9.17) is 0 Å². The van der Waals surface area contributed by atoms with Crippen molar-refractivity contribution in [2.24, 2.45) is 0 Å². The number of nitrogens with zero attached hydrogens (tertiary/aromatic N) is 3. The van der Waals surface area contributed by atoms with E-state index in [1.165, 1.54) is 37.3 Å². The second kappa shape index (κ2) is 7.60. The van der Waals surface area contributed by atoms with Gasteiger partial charge in [-0.3, -0.25) is 4.98 Å². The number of fused-ring (bicyclic) bond motifs is 1. The Hall–Kier alpha value is -1.17. The van der Waals surface area contributed by atoms with Crippen molar-refractivity contribution < 1.29 is 0 Å². The molecule has 2 aromatic rings. The Morgan fingerprint density at radius 1 is 1.22 bits per heavy atom. The van der Waals surface area contributed by atoms with Crippen molar-refractivity contribution in [3.8, 4) is 0 Å². The highest BCUT2D eigenvalue weighted by Gasteiger charge is 2.14. The molecule has 1 unspecified atom stereocenters. The lowest BCUT2D eigenvalue weighted by Gasteiger charge is -2.33. The van der Waals surface area contributed by atoms with Crippen LogP contribution in [0.25, 0.3) is 10.9 Å². The fourth-order valence-corrected chi connectivity index (χ4v) is 3.52. The molecule has 0 saturated carbocycles. The molecule has 1 aliphatic rings. The molecule has 23 heavy (non-hydrogen) atoms. The molecule has 1 fully saturated rings. The van der Waals surface area contributed by atoms with Gasteiger partial charge >= 0.3 is 0 Å². The Balaban J connectivity index is 1.60. The molecule has 1 atom stereocenters. The summed E-state index contributed by atoms with van der Waals surface area (Å²) in [5.41, 5.74) is 2.19. The van der Waals surface area contributed by atoms with Gasteiger partial charge in [0.2, 0.25) is 0 Å². The Morgan fingerprint density at radius 2 is 2.00 bits per heavy atom. The van der Waals surface area contributed by atoms with Crippen LogP contribution < -0.4 is 5.32 Å². The predicted octanol–water partition coefficient (Wildman–Crippen LogP) is 3.44. The van der Waals surface area contributed by atoms with Crippen molar-refractivity contribution in [3.63, 3.8) is 0 Å². The fourth-order valence-electron chi connectivity index (χ4n) is 3.05. The number of para-hydroxylation sites is 1. The molecule has 2 heterocycles. The van der Waals surface area contributed by atoms with Crippen LogP contribution in [0.3, 0.4) is 0 Å². The maximum absolute atomic E-state index is 4.48. The van der Waals surface area contributed by atoms with Crippen LogP contribution in [0.15, 0.2) is 34.9 Å². The van der Waals surface area contributed by atoms with Gasteiger partial charge < -0.3 is 15.1 Å². The number of hydrogen-bond donors (Lipinski definition) is 1. The summed E-state index contributed by atoms with van der Waals surface area (Å²) in [6, 6.07) is 8.74. The lowest BCUT2D eigenvalue weighted by atomic mass is 10.1. The minimum Gasteiger partial charge on any atom is -0.382 e. The Kier molecular flexibility index (Phi) is 5.51. The van der Waals surface area contributed by atoms with E-state index in [9.17, 15) is 0 Å². The lowest BCUT2D eigenvalue weighted by molar-refractivity contribution is 0.151. The minimum absolute atomic E-state index is 0.444. The monoisotopic (exact) mass is 376 g/mol. The zero-order valence-electron chi connectivity index (χ0n) is 13.9. The Bertz CT molecular complexity index is 653. The molecular weight excluding hydrogens is 352 g/mol. The van der Waals surface area contributed by atoms with E-state index in [-0.39, 0.29) is 0 Å². The van der Waals surface area contributed by atoms with E-state index >= 15 is 0 Å². The summed E-state index contributed by atoms with van der Waals surface area (Å²) in [7, 11) is 2.20. The van der Waals surface area contributed by atoms with Gasteiger partial charge in [0.05, 0.1) is 5.52 Å². The van der Waals surface area contributed by atoms with Crippen LogP contribution in [-0.4, -0.2) is 60.6 Å². The van der Waals surface area contributed by atoms with Crippen molar-refractivity contribution >= 4 is 32.5 Å². The normalized spacial score (nSPS) is 18.2. The highest BCUT2D eigenvalue weighted by Crippen LogP contribution is 2.27. The lowest BCUT2D eigenvalue weighted by Crippen LogP contribution is -2.45. The summed E-state index contributed by atoms with van der Waals surface area (Å²) in [5.74, 6) is 0. The maximum Gasteiger partial charge on any atom is 0.0864 e. The molecule has 1 aromatic heterocycles. The first-order valence-electron chi connectivity index (χ1n) is 8.34. The highest BCUT2D eigenvalue weighted by molar-refractivity contribution is 9.10. The average molecular weight is 377 g/mol. The standard InChI is InChI=1S/C18H25BrN4/c1-14(7-9-23-12-10-22(2)11-13-23)21-17-6-8-20-18-15(17)4-3-5-16(18)19/h3-6,8,14H,7,9-13H2,1-2H3,(H,20,21). The number of aromatic nitrogens is 1. The van der Waals surface area contributed by atoms with E-state index in [0.29, 0.717) is 6.04 Å². The first kappa shape index (κ1) is 16.7. The van der Waals surface area contributed by atoms with E-state index in [0.717, 1.165) is 23.0 Å². The average Bonchev–Trinajstić information content (AvgIpc) is 2.55. The quantitative estimate of drug-likeness (QED) is 0.865. The molecule has 0 bridgehead atoms. The number of likely N-dealkylation sites (N-methyl/N-ethyl adjacent to an activating group) is 1. The van der Waals surface area contributed by atoms with Gasteiger partial charge in [-0.25, -0.2) is 0 Å². The van der Waals surface area contributed by atoms with Gasteiger partial charge in [0.25, 0.3) is 0 Å². The molecule has 1 aromatic carbocycles. The highest BCUT2D eigenvalue weighted by atomic mass is 79.9. The molecule has 1 saturated heterocycles. The van der Waals surface area contributed by atoms with Crippen LogP contribution in [-0.2, 0) is 0 Å². The van der Waals surface area contributed by atoms with E-state index < -0.39 is 0 Å². The summed E-state index contributed by atoms with van der Waals surface area (Å²) in [4.78, 5) is 9.45. The molecule has 0 spiro atoms. The molecule has 124 valence electrons. The van der Waals surface area contributed by atoms with Gasteiger partial charge in [-0.15, -0.1) is 0 Å². The van der Waals surface area contributed by atoms with Gasteiger partial charge in [0, 0.05) is 60.5 Å². The first-order chi connectivity index (χ1) is 11.1. The van der Waals surface area contributed by atoms with Crippen LogP contribution in [0.4, 0.5) is 5.69 Å². The topological polar surface area (TPSA) is 31.4 Å². The largest absolute Gasteiger partial charge is 0.382 e. The molecule has 0 radical (unpaired) electrons. The zero-order chi connectivity index (χ0) is 16.2. The van der Waals surface area contributed by atoms with Crippen molar-refractivity contribution in [1.82, 2.24) is 14.8 Å². The number of anilines is 1. The number of nitrogens with one attached hydrogen (secondary N) is 1. The number of rotatable bonds is 5. The van der Waals surface area contributed by atoms with E-state index in [1.807, 2.05) is 12.3 Å². The molecule has 1 aliphatic heterocycles. The second-order valence-electron chi connectivity index (χ2n) is 6.47. The number of piperazine rings is 1. The summed E-state index contributed by atoms with van der Waals surface area (Å²) in [5, 5.41) is 4.84. The summed E-state index contributed by atoms with van der Waals surface area (Å²) in [6.07, 6.45) is 3.03. The van der Waals surface area contributed by atoms with Crippen LogP contribution in [0, 0.1) is 0 Å². The third-order valence-electron chi connectivity index (χ3n) is 4.60. The van der Waals surface area contributed by atoms with Gasteiger partial charge in [-0.05, 0) is 48.5 Å². The van der Waals surface area contributed by atoms with E-state index in [1.54, 1.807) is 0 Å². The smallest absolute Gasteiger partial charge is 0.0864 e. The number of pyridine rings is 1. The summed E-state index contributed by atoms with van der Waals surface area (Å²) in [6.45, 7) is 8.17. The molecule has 4 nitrogen and oxygen atoms in total. The van der Waals surface area contributed by atoms with Gasteiger partial charge in [0.1, 0.15) is 0 Å². The third kappa shape index (κ3) is 4.22. The molecule has 1 N–H and O–H groups in total. The van der Waals surface area contributed by atoms with Gasteiger partial charge in [-0.1, -0.05) is 12.1 Å². The number of benzene rings is 1. The first-order valence-corrected chi connectivity index (χ1v) is 9.13. The molecule has 0 aliphatic carbocycles. The second-order valence-corrected chi connectivity index (χ2v) is 7.33. The molecule has 3 rings (SSSR count). The van der Waals surface area contributed by atoms with Gasteiger partial charge in [-0.2, -0.15) is 0 Å². The number of hydrogen-bond acceptors (Lipinski definition) is 4. The molecular formula is C18H25BrN4. The van der Waals surface area contributed by atoms with Crippen LogP contribution in [0.2, 0.25) is 0 Å². The Labute approximate surface area is 147 Å². The van der Waals surface area contributed by atoms with Crippen molar-refractivity contribution in [1.29, 1.82) is 0 Å². The van der Waals surface area contributed by atoms with Crippen molar-refractivity contribution in [2.45, 2.75) is 19.4 Å². The SMILES string of the molecule is CC(CCN1CCN(C)CC1)Nc1ccnc2c(Br)cccc12. The van der Waals surface area contributed by atoms with Crippen LogP contribution >= 0.6 is 15.9 Å². The Morgan fingerprint density at radius 3 is 2.78 bits per heavy atom. The van der Waals surface area contributed by atoms with Crippen LogP contribution in [0.5, 0.6) is 0 Å². The van der Waals surface area contributed by atoms with Crippen molar-refractivity contribution in [3.05, 3.63) is 34.9 Å². The van der Waals surface area contributed by atoms with Gasteiger partial charge in [0.15, 0.2) is 0 Å². The fraction of sp³-hybridized carbons (Fsp3) is 0.500. The maximum atomic E-state index is 4.48. The van der Waals surface area contributed by atoms with Crippen molar-refractivity contribution in [2.75, 3.05) is 45.1 Å². The summed E-state index contributed by atoms with van der Waals surface area (Å²) >= 11 is 3.58. The third-order valence-corrected chi connectivity index (χ3v) is 5.24. The number of halogens is 1. The zero-order valence-corrected chi connectivity index (χ0v) is 15.5. The van der Waals surface area contributed by atoms with Crippen LogP contribution in [0.1, 0.15) is 13.3 Å². The summed E-state index contributed by atoms with van der Waals surface area (Å²) < 4.78 is 1.05. The predicted molar refractivity (Wildman–Crippen MR) is 101 cm³/mol. The molecule has 0 amide bonds. The molecule has 5 heteroatoms. The minimum atomic E-state index is 0.444.